The van der Waals surface area contributed by atoms with E-state index in [1.165, 1.54) is 128 Å². The second-order valence-corrected chi connectivity index (χ2v) is 17.0. The third-order valence-electron chi connectivity index (χ3n) is 10.0. The molecule has 0 amide bonds. The highest BCUT2D eigenvalue weighted by atomic mass is 31.2. The summed E-state index contributed by atoms with van der Waals surface area (Å²) in [4.78, 5) is 43.0. The monoisotopic (exact) mass is 841 g/mol. The van der Waals surface area contributed by atoms with Crippen LogP contribution < -0.4 is 0 Å². The smallest absolute Gasteiger partial charge is 0.462 e. The molecule has 0 aliphatic carbocycles. The number of carbonyl (C=O) groups excluding carboxylic acids is 2. The van der Waals surface area contributed by atoms with E-state index in [2.05, 4.69) is 24.4 Å². The van der Waals surface area contributed by atoms with Gasteiger partial charge < -0.3 is 29.5 Å². The van der Waals surface area contributed by atoms with Gasteiger partial charge in [-0.15, -0.1) is 0 Å². The van der Waals surface area contributed by atoms with Gasteiger partial charge in [-0.2, -0.15) is 0 Å². The molecule has 58 heavy (non-hydrogen) atoms. The minimum absolute atomic E-state index is 0.0474. The van der Waals surface area contributed by atoms with Crippen molar-refractivity contribution in [3.8, 4) is 0 Å². The predicted molar refractivity (Wildman–Crippen MR) is 237 cm³/mol. The summed E-state index contributed by atoms with van der Waals surface area (Å²) in [6.07, 6.45) is 44.7. The van der Waals surface area contributed by atoms with Crippen LogP contribution in [0.25, 0.3) is 0 Å². The molecule has 0 fully saturated rings. The van der Waals surface area contributed by atoms with Crippen LogP contribution >= 0.6 is 7.82 Å². The maximum Gasteiger partial charge on any atom is 0.469 e. The van der Waals surface area contributed by atoms with Gasteiger partial charge in [-0.1, -0.05) is 204 Å². The average Bonchev–Trinajstić information content (AvgIpc) is 3.18. The quantitative estimate of drug-likeness (QED) is 0.0153. The van der Waals surface area contributed by atoms with Crippen LogP contribution in [0.5, 0.6) is 0 Å². The van der Waals surface area contributed by atoms with Gasteiger partial charge in [-0.05, 0) is 38.5 Å². The molecule has 0 aliphatic heterocycles. The molecule has 0 heterocycles. The average molecular weight is 841 g/mol. The third kappa shape index (κ3) is 43.5. The second-order valence-electron chi connectivity index (χ2n) is 15.8. The number of aliphatic hydroxyl groups is 2. The molecule has 4 N–H and O–H groups in total. The van der Waals surface area contributed by atoms with Crippen molar-refractivity contribution in [2.75, 3.05) is 13.2 Å². The van der Waals surface area contributed by atoms with Crippen molar-refractivity contribution in [2.24, 2.45) is 0 Å². The Kier molecular flexibility index (Phi) is 40.2. The van der Waals surface area contributed by atoms with Crippen LogP contribution in [0.3, 0.4) is 0 Å². The van der Waals surface area contributed by atoms with Crippen molar-refractivity contribution in [1.82, 2.24) is 0 Å². The number of esters is 2. The van der Waals surface area contributed by atoms with Crippen molar-refractivity contribution in [3.63, 3.8) is 0 Å². The van der Waals surface area contributed by atoms with E-state index in [0.717, 1.165) is 25.7 Å². The van der Waals surface area contributed by atoms with E-state index in [-0.39, 0.29) is 25.9 Å². The predicted octanol–water partition coefficient (Wildman–Crippen LogP) is 12.2. The van der Waals surface area contributed by atoms with Gasteiger partial charge in [0.15, 0.2) is 6.10 Å². The van der Waals surface area contributed by atoms with Crippen molar-refractivity contribution >= 4 is 19.8 Å². The molecule has 0 bridgehead atoms. The summed E-state index contributed by atoms with van der Waals surface area (Å²) in [5, 5.41) is 20.2. The Hall–Kier alpha value is -2.07. The summed E-state index contributed by atoms with van der Waals surface area (Å²) in [7, 11) is -4.83. The van der Waals surface area contributed by atoms with Crippen LogP contribution in [0.15, 0.2) is 48.6 Å². The molecule has 3 atom stereocenters. The number of hydrogen-bond donors (Lipinski definition) is 4. The Morgan fingerprint density at radius 2 is 0.983 bits per heavy atom. The van der Waals surface area contributed by atoms with Gasteiger partial charge in [0.25, 0.3) is 0 Å². The fourth-order valence-corrected chi connectivity index (χ4v) is 6.87. The summed E-state index contributed by atoms with van der Waals surface area (Å²) < 4.78 is 26.3. The molecule has 0 saturated carbocycles. The number of unbranched alkanes of at least 4 members (excludes halogenated alkanes) is 23. The summed E-state index contributed by atoms with van der Waals surface area (Å²) in [5.41, 5.74) is 0. The van der Waals surface area contributed by atoms with Crippen molar-refractivity contribution < 1.29 is 48.2 Å². The van der Waals surface area contributed by atoms with Crippen LogP contribution in [0.2, 0.25) is 0 Å². The van der Waals surface area contributed by atoms with E-state index in [1.54, 1.807) is 36.5 Å². The summed E-state index contributed by atoms with van der Waals surface area (Å²) in [6.45, 7) is 3.45. The first-order valence-electron chi connectivity index (χ1n) is 23.1. The normalized spacial score (nSPS) is 14.0. The molecule has 0 spiro atoms. The first kappa shape index (κ1) is 55.9. The van der Waals surface area contributed by atoms with Crippen molar-refractivity contribution in [2.45, 2.75) is 225 Å². The Morgan fingerprint density at radius 1 is 0.534 bits per heavy atom. The van der Waals surface area contributed by atoms with Gasteiger partial charge in [0, 0.05) is 12.8 Å². The molecule has 0 aliphatic rings. The molecular weight excluding hydrogens is 755 g/mol. The van der Waals surface area contributed by atoms with Crippen LogP contribution in [0.4, 0.5) is 0 Å². The van der Waals surface area contributed by atoms with E-state index >= 15 is 0 Å². The van der Waals surface area contributed by atoms with E-state index in [4.69, 9.17) is 19.3 Å². The molecule has 0 radical (unpaired) electrons. The Labute approximate surface area is 353 Å². The SMILES string of the molecule is CCCCC/C=C\C[C@H](O)/C=C/C=C/C=C\[C@H](O)CCCC(=O)O[C@H](COC(=O)CCCCCCCCCCCCCCCCCCCCCCC)COP(=O)(O)O. The zero-order valence-corrected chi connectivity index (χ0v) is 37.6. The van der Waals surface area contributed by atoms with Crippen LogP contribution in [-0.4, -0.2) is 63.5 Å². The highest BCUT2D eigenvalue weighted by Crippen LogP contribution is 2.36. The molecule has 11 heteroatoms. The number of phosphoric acid groups is 1. The van der Waals surface area contributed by atoms with Crippen molar-refractivity contribution in [3.05, 3.63) is 48.6 Å². The zero-order chi connectivity index (χ0) is 42.8. The Morgan fingerprint density at radius 3 is 1.48 bits per heavy atom. The molecule has 0 aromatic carbocycles. The molecule has 10 nitrogen and oxygen atoms in total. The first-order chi connectivity index (χ1) is 28.1. The molecular formula is C47H85O10P. The van der Waals surface area contributed by atoms with Crippen LogP contribution in [0.1, 0.15) is 206 Å². The largest absolute Gasteiger partial charge is 0.469 e. The van der Waals surface area contributed by atoms with Crippen LogP contribution in [0, 0.1) is 0 Å². The lowest BCUT2D eigenvalue weighted by Crippen LogP contribution is -2.29. The van der Waals surface area contributed by atoms with E-state index < -0.39 is 44.7 Å². The Balaban J connectivity index is 4.06. The molecule has 0 saturated heterocycles. The zero-order valence-electron chi connectivity index (χ0n) is 36.7. The van der Waals surface area contributed by atoms with Gasteiger partial charge in [-0.3, -0.25) is 14.1 Å². The number of phosphoric ester groups is 1. The lowest BCUT2D eigenvalue weighted by Gasteiger charge is -2.18. The van der Waals surface area contributed by atoms with Gasteiger partial charge in [0.2, 0.25) is 0 Å². The number of hydrogen-bond acceptors (Lipinski definition) is 8. The summed E-state index contributed by atoms with van der Waals surface area (Å²) in [6, 6.07) is 0. The minimum atomic E-state index is -4.83. The van der Waals surface area contributed by atoms with Gasteiger partial charge in [0.05, 0.1) is 18.8 Å². The van der Waals surface area contributed by atoms with Crippen LogP contribution in [-0.2, 0) is 28.2 Å². The fraction of sp³-hybridized carbons (Fsp3) is 0.787. The number of aliphatic hydroxyl groups excluding tert-OH is 2. The number of rotatable bonds is 42. The first-order valence-corrected chi connectivity index (χ1v) is 24.7. The molecule has 0 unspecified atom stereocenters. The number of allylic oxidation sites excluding steroid dienone is 5. The maximum absolute atomic E-state index is 12.4. The highest BCUT2D eigenvalue weighted by Gasteiger charge is 2.23. The van der Waals surface area contributed by atoms with Crippen molar-refractivity contribution in [1.29, 1.82) is 0 Å². The van der Waals surface area contributed by atoms with Gasteiger partial charge >= 0.3 is 19.8 Å². The second kappa shape index (κ2) is 41.7. The standard InChI is InChI=1S/C47H85O10P/c1-3-5-7-9-11-12-13-14-15-16-17-18-19-20-21-22-23-24-25-27-33-39-46(50)55-41-45(42-56-58(52,53)54)57-47(51)40-34-38-44(49)37-32-29-28-31-36-43(48)35-30-26-10-8-6-4-2/h26,28-32,36-37,43-45,48-49H,3-25,27,33-35,38-42H2,1-2H3,(H2,52,53,54)/b29-28+,30-26-,36-31+,37-32-/t43-,44-,45+/m0/s1. The molecule has 0 rings (SSSR count). The third-order valence-corrected chi connectivity index (χ3v) is 10.5. The van der Waals surface area contributed by atoms with E-state index in [0.29, 0.717) is 19.3 Å². The maximum atomic E-state index is 12.4. The topological polar surface area (TPSA) is 160 Å². The molecule has 338 valence electrons. The fourth-order valence-electron chi connectivity index (χ4n) is 6.51. The minimum Gasteiger partial charge on any atom is -0.462 e. The molecule has 0 aromatic rings. The number of ether oxygens (including phenoxy) is 2. The van der Waals surface area contributed by atoms with Gasteiger partial charge in [0.1, 0.15) is 6.61 Å². The lowest BCUT2D eigenvalue weighted by molar-refractivity contribution is -0.161. The Bertz CT molecular complexity index is 1110. The van der Waals surface area contributed by atoms with Gasteiger partial charge in [-0.25, -0.2) is 4.57 Å². The molecule has 0 aromatic heterocycles. The van der Waals surface area contributed by atoms with E-state index in [9.17, 15) is 24.4 Å². The van der Waals surface area contributed by atoms with E-state index in [1.807, 2.05) is 6.08 Å². The summed E-state index contributed by atoms with van der Waals surface area (Å²) >= 11 is 0. The number of carbonyl (C=O) groups is 2. The highest BCUT2D eigenvalue weighted by molar-refractivity contribution is 7.46. The lowest BCUT2D eigenvalue weighted by atomic mass is 10.0. The summed E-state index contributed by atoms with van der Waals surface area (Å²) in [5.74, 6) is -1.12.